The van der Waals surface area contributed by atoms with Gasteiger partial charge in [0, 0.05) is 34.0 Å². The van der Waals surface area contributed by atoms with Gasteiger partial charge in [0.1, 0.15) is 11.6 Å². The van der Waals surface area contributed by atoms with E-state index >= 15 is 0 Å². The molecule has 0 unspecified atom stereocenters. The molecule has 65 heavy (non-hydrogen) atoms. The topological polar surface area (TPSA) is 202 Å². The number of Topliss-reactive ketones (excluding diaryl/α,β-unsaturated/α-hetero) is 2. The molecular weight excluding hydrogens is 917 g/mol. The minimum atomic E-state index is -1.47. The second-order valence-electron chi connectivity index (χ2n) is 15.9. The first-order chi connectivity index (χ1) is 30.2. The molecule has 0 aliphatic carbocycles. The summed E-state index contributed by atoms with van der Waals surface area (Å²) in [6.07, 6.45) is 0.0979. The fourth-order valence-corrected chi connectivity index (χ4v) is 7.35. The molecule has 4 aromatic rings. The van der Waals surface area contributed by atoms with Crippen LogP contribution in [0.4, 0.5) is 8.78 Å². The Morgan fingerprint density at radius 3 is 1.18 bits per heavy atom. The molecule has 4 N–H and O–H groups in total. The number of aliphatic carboxylic acids is 2. The van der Waals surface area contributed by atoms with Gasteiger partial charge in [0.25, 0.3) is 0 Å². The maximum absolute atomic E-state index is 14.1. The molecule has 0 aromatic heterocycles. The van der Waals surface area contributed by atoms with Crippen LogP contribution in [0, 0.1) is 34.3 Å². The van der Waals surface area contributed by atoms with Crippen molar-refractivity contribution in [2.45, 2.75) is 66.2 Å². The summed E-state index contributed by atoms with van der Waals surface area (Å²) in [5.41, 5.74) is 0.505. The van der Waals surface area contributed by atoms with Crippen LogP contribution < -0.4 is 0 Å². The summed E-state index contributed by atoms with van der Waals surface area (Å²) in [7, 11) is 0. The maximum Gasteiger partial charge on any atom is 2.00 e. The van der Waals surface area contributed by atoms with Gasteiger partial charge in [0.15, 0.2) is 0 Å². The zero-order valence-corrected chi connectivity index (χ0v) is 40.3. The van der Waals surface area contributed by atoms with Crippen LogP contribution in [0.5, 0.6) is 0 Å². The normalized spacial score (nSPS) is 13.6. The number of hydrogen-bond donors (Lipinski definition) is 4. The van der Waals surface area contributed by atoms with Crippen molar-refractivity contribution in [2.24, 2.45) is 22.7 Å². The third-order valence-electron chi connectivity index (χ3n) is 10.6. The van der Waals surface area contributed by atoms with Crippen LogP contribution in [-0.2, 0) is 51.1 Å². The van der Waals surface area contributed by atoms with Gasteiger partial charge in [-0.2, -0.15) is 0 Å². The Bertz CT molecular complexity index is 2120. The zero-order valence-electron chi connectivity index (χ0n) is 36.6. The van der Waals surface area contributed by atoms with Crippen LogP contribution in [0.3, 0.4) is 0 Å². The fraction of sp³-hybridized carbons (Fsp3) is 0.375. The zero-order chi connectivity index (χ0) is 47.8. The largest absolute Gasteiger partial charge is 2.00 e. The van der Waals surface area contributed by atoms with Crippen LogP contribution in [0.2, 0.25) is 10.0 Å². The number of aliphatic hydroxyl groups is 2. The predicted octanol–water partition coefficient (Wildman–Crippen LogP) is 8.22. The van der Waals surface area contributed by atoms with Gasteiger partial charge in [-0.3, -0.25) is 19.2 Å². The van der Waals surface area contributed by atoms with E-state index < -0.39 is 83.0 Å². The molecule has 0 aliphatic rings. The molecule has 4 rings (SSSR count). The van der Waals surface area contributed by atoms with E-state index in [2.05, 4.69) is 0 Å². The van der Waals surface area contributed by atoms with Gasteiger partial charge in [-0.15, -0.1) is 0 Å². The maximum atomic E-state index is 14.1. The number of carboxylic acid groups (broad SMARTS) is 2. The third-order valence-corrected chi connectivity index (χ3v) is 11.1. The molecule has 0 bridgehead atoms. The first-order valence-corrected chi connectivity index (χ1v) is 21.1. The monoisotopic (exact) mass is 968 g/mol. The van der Waals surface area contributed by atoms with Gasteiger partial charge in [-0.1, -0.05) is 71.7 Å². The number of ether oxygens (including phenoxy) is 2. The summed E-state index contributed by atoms with van der Waals surface area (Å²) in [6.45, 7) is 4.84. The van der Waals surface area contributed by atoms with Crippen LogP contribution >= 0.6 is 23.2 Å². The standard InChI is InChI=1S/2C24H26ClFO6.Ca/c2*1-3-32-22(29)21(28)11-16(13-24(2,14-27)23(30)31)10-15-4-6-17(7-5-15)19-12-18(25)8-9-20(19)26;/h2*4-9,12,16,27H,3,10-11,13-14H2,1-2H3,(H,30,31);/q;;+2/t2*16-,24-;/m00./s1. The first-order valence-electron chi connectivity index (χ1n) is 20.4. The van der Waals surface area contributed by atoms with E-state index in [0.717, 1.165) is 11.1 Å². The predicted molar refractivity (Wildman–Crippen MR) is 241 cm³/mol. The van der Waals surface area contributed by atoms with E-state index in [1.165, 1.54) is 50.2 Å². The number of carbonyl (C=O) groups excluding carboxylic acids is 4. The Labute approximate surface area is 416 Å². The van der Waals surface area contributed by atoms with Crippen LogP contribution in [-0.4, -0.2) is 120 Å². The van der Waals surface area contributed by atoms with Crippen molar-refractivity contribution in [2.75, 3.05) is 26.4 Å². The number of halogens is 4. The van der Waals surface area contributed by atoms with Crippen molar-refractivity contribution in [1.82, 2.24) is 0 Å². The average Bonchev–Trinajstić information content (AvgIpc) is 3.26. The Kier molecular flexibility index (Phi) is 23.4. The number of carbonyl (C=O) groups is 6. The minimum absolute atomic E-state index is 0. The van der Waals surface area contributed by atoms with Gasteiger partial charge >= 0.3 is 61.6 Å². The van der Waals surface area contributed by atoms with E-state index in [1.54, 1.807) is 62.4 Å². The number of benzene rings is 4. The minimum Gasteiger partial charge on any atom is -0.481 e. The molecule has 0 heterocycles. The van der Waals surface area contributed by atoms with E-state index in [0.29, 0.717) is 32.3 Å². The van der Waals surface area contributed by atoms with Gasteiger partial charge in [0.2, 0.25) is 11.6 Å². The second kappa shape index (κ2) is 26.8. The van der Waals surface area contributed by atoms with Crippen molar-refractivity contribution >= 4 is 96.4 Å². The molecule has 0 fully saturated rings. The summed E-state index contributed by atoms with van der Waals surface area (Å²) in [5.74, 6) is -7.72. The molecule has 0 spiro atoms. The van der Waals surface area contributed by atoms with Gasteiger partial charge in [0.05, 0.1) is 37.3 Å². The molecule has 12 nitrogen and oxygen atoms in total. The molecule has 344 valence electrons. The number of rotatable bonds is 22. The molecular formula is C48H52CaCl2F2O12+2. The molecule has 4 aromatic carbocycles. The summed E-state index contributed by atoms with van der Waals surface area (Å²) in [6, 6.07) is 22.3. The summed E-state index contributed by atoms with van der Waals surface area (Å²) in [4.78, 5) is 71.3. The number of esters is 2. The van der Waals surface area contributed by atoms with E-state index in [1.807, 2.05) is 0 Å². The molecule has 0 saturated heterocycles. The van der Waals surface area contributed by atoms with Crippen molar-refractivity contribution in [3.8, 4) is 22.3 Å². The number of carboxylic acids is 2. The van der Waals surface area contributed by atoms with Crippen molar-refractivity contribution in [3.63, 3.8) is 0 Å². The van der Waals surface area contributed by atoms with E-state index in [9.17, 15) is 58.0 Å². The van der Waals surface area contributed by atoms with Gasteiger partial charge in [-0.25, -0.2) is 18.4 Å². The molecule has 0 radical (unpaired) electrons. The molecule has 17 heteroatoms. The third kappa shape index (κ3) is 17.1. The number of ketones is 2. The van der Waals surface area contributed by atoms with Crippen molar-refractivity contribution in [3.05, 3.63) is 118 Å². The van der Waals surface area contributed by atoms with Gasteiger partial charge < -0.3 is 29.9 Å². The van der Waals surface area contributed by atoms with E-state index in [4.69, 9.17) is 32.7 Å². The first kappa shape index (κ1) is 56.8. The molecule has 0 amide bonds. The Balaban J connectivity index is 0.000000440. The summed E-state index contributed by atoms with van der Waals surface area (Å²) >= 11 is 11.9. The Hall–Kier alpha value is -4.28. The molecule has 0 saturated carbocycles. The van der Waals surface area contributed by atoms with E-state index in [-0.39, 0.29) is 89.5 Å². The Morgan fingerprint density at radius 2 is 0.908 bits per heavy atom. The average molecular weight is 970 g/mol. The van der Waals surface area contributed by atoms with Crippen LogP contribution in [0.15, 0.2) is 84.9 Å². The van der Waals surface area contributed by atoms with Crippen LogP contribution in [0.25, 0.3) is 22.3 Å². The summed E-state index contributed by atoms with van der Waals surface area (Å²) < 4.78 is 37.7. The quantitative estimate of drug-likeness (QED) is 0.0335. The van der Waals surface area contributed by atoms with Crippen molar-refractivity contribution in [1.29, 1.82) is 0 Å². The second-order valence-corrected chi connectivity index (χ2v) is 16.8. The SMILES string of the molecule is CCOC(=O)C(=O)C[C@H](Cc1ccc(-c2cc(Cl)ccc2F)cc1)C[C@@](C)(CO)C(=O)O.CCOC(=O)C(=O)C[C@H](Cc1ccc(-c2cc(Cl)ccc2F)cc1)C[C@@](C)(CO)C(=O)O.[Ca+2]. The number of aliphatic hydroxyl groups excluding tert-OH is 2. The van der Waals surface area contributed by atoms with Gasteiger partial charge in [-0.05, 0) is 124 Å². The smallest absolute Gasteiger partial charge is 0.481 e. The van der Waals surface area contributed by atoms with Crippen molar-refractivity contribution < 1.29 is 67.4 Å². The van der Waals surface area contributed by atoms with Crippen LogP contribution in [0.1, 0.15) is 64.5 Å². The molecule has 4 atom stereocenters. The molecule has 0 aliphatic heterocycles. The summed E-state index contributed by atoms with van der Waals surface area (Å²) in [5, 5.41) is 39.0. The fourth-order valence-electron chi connectivity index (χ4n) is 7.01. The number of hydrogen-bond acceptors (Lipinski definition) is 10. The Morgan fingerprint density at radius 1 is 0.585 bits per heavy atom.